The Morgan fingerprint density at radius 1 is 1.21 bits per heavy atom. The molecule has 3 heteroatoms. The van der Waals surface area contributed by atoms with Gasteiger partial charge in [0.15, 0.2) is 5.78 Å². The molecule has 2 heterocycles. The Morgan fingerprint density at radius 3 is 3.07 bits per heavy atom. The lowest BCUT2D eigenvalue weighted by Crippen LogP contribution is -2.20. The molecule has 0 aromatic heterocycles. The first kappa shape index (κ1) is 7.38. The molecule has 2 aliphatic heterocycles. The molecule has 0 atom stereocenters. The van der Waals surface area contributed by atoms with E-state index in [4.69, 9.17) is 0 Å². The van der Waals surface area contributed by atoms with E-state index in [1.165, 1.54) is 12.3 Å². The Hall–Kier alpha value is -2.03. The van der Waals surface area contributed by atoms with Gasteiger partial charge < -0.3 is 0 Å². The van der Waals surface area contributed by atoms with Crippen molar-refractivity contribution in [2.45, 2.75) is 0 Å². The minimum absolute atomic E-state index is 0.0145. The lowest BCUT2D eigenvalue weighted by molar-refractivity contribution is 0.104. The monoisotopic (exact) mass is 182 g/mol. The summed E-state index contributed by atoms with van der Waals surface area (Å²) in [5.74, 6) is -0.0145. The number of carbonyl (C=O) groups is 1. The van der Waals surface area contributed by atoms with E-state index in [2.05, 4.69) is 9.98 Å². The molecule has 0 saturated carbocycles. The Balaban J connectivity index is 2.52. The Kier molecular flexibility index (Phi) is 1.31. The highest BCUT2D eigenvalue weighted by Crippen LogP contribution is 2.15. The molecule has 14 heavy (non-hydrogen) atoms. The van der Waals surface area contributed by atoms with Crippen LogP contribution in [0.2, 0.25) is 0 Å². The molecular formula is C11H6N2O. The van der Waals surface area contributed by atoms with Gasteiger partial charge in [-0.1, -0.05) is 6.07 Å². The van der Waals surface area contributed by atoms with E-state index in [0.29, 0.717) is 10.9 Å². The number of rotatable bonds is 0. The van der Waals surface area contributed by atoms with Crippen molar-refractivity contribution < 1.29 is 4.79 Å². The molecule has 3 nitrogen and oxygen atoms in total. The van der Waals surface area contributed by atoms with Gasteiger partial charge in [0, 0.05) is 23.7 Å². The van der Waals surface area contributed by atoms with Crippen LogP contribution in [-0.4, -0.2) is 12.0 Å². The van der Waals surface area contributed by atoms with Crippen LogP contribution in [0.3, 0.4) is 0 Å². The largest absolute Gasteiger partial charge is 0.289 e. The van der Waals surface area contributed by atoms with Crippen LogP contribution >= 0.6 is 0 Å². The Morgan fingerprint density at radius 2 is 2.14 bits per heavy atom. The fourth-order valence-electron chi connectivity index (χ4n) is 1.68. The van der Waals surface area contributed by atoms with E-state index in [1.54, 1.807) is 6.21 Å². The third-order valence-corrected chi connectivity index (χ3v) is 2.33. The minimum Gasteiger partial charge on any atom is -0.289 e. The van der Waals surface area contributed by atoms with Gasteiger partial charge in [0.1, 0.15) is 0 Å². The quantitative estimate of drug-likeness (QED) is 0.576. The van der Waals surface area contributed by atoms with Gasteiger partial charge >= 0.3 is 0 Å². The zero-order valence-electron chi connectivity index (χ0n) is 7.27. The van der Waals surface area contributed by atoms with Crippen LogP contribution in [0.1, 0.15) is 10.4 Å². The SMILES string of the molecule is O=C1C=CN=c2ccc3c(c21)N=CC=3. The van der Waals surface area contributed by atoms with Crippen molar-refractivity contribution in [3.8, 4) is 0 Å². The molecule has 0 radical (unpaired) electrons. The molecule has 0 fully saturated rings. The van der Waals surface area contributed by atoms with Crippen molar-refractivity contribution in [2.75, 3.05) is 0 Å². The van der Waals surface area contributed by atoms with Crippen LogP contribution in [0.15, 0.2) is 34.4 Å². The molecule has 2 aliphatic rings. The fraction of sp³-hybridized carbons (Fsp3) is 0. The number of allylic oxidation sites excluding steroid dienone is 1. The van der Waals surface area contributed by atoms with Crippen LogP contribution in [0, 0.1) is 0 Å². The lowest BCUT2D eigenvalue weighted by Gasteiger charge is -2.04. The molecule has 0 spiro atoms. The van der Waals surface area contributed by atoms with Crippen molar-refractivity contribution in [3.63, 3.8) is 0 Å². The molecule has 0 unspecified atom stereocenters. The minimum atomic E-state index is -0.0145. The summed E-state index contributed by atoms with van der Waals surface area (Å²) in [5, 5.41) is 1.70. The molecule has 66 valence electrons. The number of nitrogens with zero attached hydrogens (tertiary/aromatic N) is 2. The summed E-state index contributed by atoms with van der Waals surface area (Å²) in [6, 6.07) is 3.78. The van der Waals surface area contributed by atoms with Crippen molar-refractivity contribution in [2.24, 2.45) is 9.98 Å². The van der Waals surface area contributed by atoms with Crippen molar-refractivity contribution in [3.05, 3.63) is 40.5 Å². The van der Waals surface area contributed by atoms with Gasteiger partial charge in [-0.15, -0.1) is 0 Å². The molecule has 0 saturated heterocycles. The normalized spacial score (nSPS) is 15.9. The molecule has 0 bridgehead atoms. The first-order valence-electron chi connectivity index (χ1n) is 4.32. The van der Waals surface area contributed by atoms with E-state index < -0.39 is 0 Å². The summed E-state index contributed by atoms with van der Waals surface area (Å²) in [4.78, 5) is 19.9. The third-order valence-electron chi connectivity index (χ3n) is 2.33. The molecular weight excluding hydrogens is 176 g/mol. The average molecular weight is 182 g/mol. The van der Waals surface area contributed by atoms with Crippen molar-refractivity contribution in [1.82, 2.24) is 0 Å². The van der Waals surface area contributed by atoms with Gasteiger partial charge in [-0.3, -0.25) is 14.8 Å². The summed E-state index contributed by atoms with van der Waals surface area (Å²) in [7, 11) is 0. The topological polar surface area (TPSA) is 41.8 Å². The van der Waals surface area contributed by atoms with Crippen LogP contribution in [0.25, 0.3) is 6.08 Å². The number of carbonyl (C=O) groups excluding carboxylic acids is 1. The number of hydrogen-bond donors (Lipinski definition) is 0. The average Bonchev–Trinajstić information content (AvgIpc) is 2.65. The molecule has 3 rings (SSSR count). The van der Waals surface area contributed by atoms with Gasteiger partial charge in [0.25, 0.3) is 0 Å². The predicted molar refractivity (Wildman–Crippen MR) is 53.3 cm³/mol. The zero-order valence-corrected chi connectivity index (χ0v) is 7.27. The van der Waals surface area contributed by atoms with Crippen molar-refractivity contribution >= 4 is 23.8 Å². The van der Waals surface area contributed by atoms with Gasteiger partial charge in [0.2, 0.25) is 0 Å². The molecule has 1 aromatic rings. The summed E-state index contributed by atoms with van der Waals surface area (Å²) in [5.41, 5.74) is 1.37. The molecule has 0 amide bonds. The summed E-state index contributed by atoms with van der Waals surface area (Å²) in [6.45, 7) is 0. The number of ketones is 1. The third kappa shape index (κ3) is 0.836. The molecule has 1 aromatic carbocycles. The maximum absolute atomic E-state index is 11.6. The van der Waals surface area contributed by atoms with Crippen molar-refractivity contribution in [1.29, 1.82) is 0 Å². The fourth-order valence-corrected chi connectivity index (χ4v) is 1.68. The second-order valence-corrected chi connectivity index (χ2v) is 3.15. The highest BCUT2D eigenvalue weighted by molar-refractivity contribution is 6.10. The standard InChI is InChI=1S/C11H6N2O/c14-9-4-6-12-8-2-1-7-3-5-13-11(7)10(8)9/h1-6H. The van der Waals surface area contributed by atoms with Crippen LogP contribution < -0.4 is 10.6 Å². The maximum atomic E-state index is 11.6. The number of benzene rings is 1. The first-order chi connectivity index (χ1) is 6.86. The first-order valence-corrected chi connectivity index (χ1v) is 4.32. The highest BCUT2D eigenvalue weighted by Gasteiger charge is 2.15. The Labute approximate surface area is 79.8 Å². The molecule has 0 aliphatic carbocycles. The van der Waals surface area contributed by atoms with Crippen LogP contribution in [0.4, 0.5) is 5.69 Å². The number of fused-ring (bicyclic) bond motifs is 3. The molecule has 0 N–H and O–H groups in total. The predicted octanol–water partition coefficient (Wildman–Crippen LogP) is 0.513. The van der Waals surface area contributed by atoms with Gasteiger partial charge in [0.05, 0.1) is 16.6 Å². The van der Waals surface area contributed by atoms with Gasteiger partial charge in [-0.2, -0.15) is 0 Å². The van der Waals surface area contributed by atoms with Gasteiger partial charge in [-0.25, -0.2) is 0 Å². The van der Waals surface area contributed by atoms with Crippen LogP contribution in [0.5, 0.6) is 0 Å². The van der Waals surface area contributed by atoms with E-state index in [1.807, 2.05) is 18.2 Å². The van der Waals surface area contributed by atoms with E-state index in [0.717, 1.165) is 10.9 Å². The second kappa shape index (κ2) is 2.48. The van der Waals surface area contributed by atoms with E-state index in [-0.39, 0.29) is 5.78 Å². The smallest absolute Gasteiger partial charge is 0.191 e. The highest BCUT2D eigenvalue weighted by atomic mass is 16.1. The Bertz CT molecular complexity index is 609. The summed E-state index contributed by atoms with van der Waals surface area (Å²) in [6.07, 6.45) is 6.59. The number of hydrogen-bond acceptors (Lipinski definition) is 3. The van der Waals surface area contributed by atoms with Crippen LogP contribution in [-0.2, 0) is 0 Å². The van der Waals surface area contributed by atoms with Gasteiger partial charge in [-0.05, 0) is 12.1 Å². The summed E-state index contributed by atoms with van der Waals surface area (Å²) < 4.78 is 0. The second-order valence-electron chi connectivity index (χ2n) is 3.15. The maximum Gasteiger partial charge on any atom is 0.191 e. The van der Waals surface area contributed by atoms with E-state index >= 15 is 0 Å². The summed E-state index contributed by atoms with van der Waals surface area (Å²) >= 11 is 0. The lowest BCUT2D eigenvalue weighted by atomic mass is 10.0. The number of aliphatic imine (C=N–C) groups is 1. The van der Waals surface area contributed by atoms with E-state index in [9.17, 15) is 4.79 Å². The zero-order chi connectivity index (χ0) is 9.54.